The number of rotatable bonds is 4. The first-order chi connectivity index (χ1) is 10.1. The summed E-state index contributed by atoms with van der Waals surface area (Å²) in [6.45, 7) is 3.08. The Kier molecular flexibility index (Phi) is 4.04. The first-order valence-electron chi connectivity index (χ1n) is 7.06. The van der Waals surface area contributed by atoms with Crippen LogP contribution in [0.5, 0.6) is 11.5 Å². The molecular formula is C17H18ClNO2. The Hall–Kier alpha value is -1.71. The Labute approximate surface area is 129 Å². The van der Waals surface area contributed by atoms with Gasteiger partial charge in [0.15, 0.2) is 0 Å². The van der Waals surface area contributed by atoms with Crippen LogP contribution in [-0.2, 0) is 13.0 Å². The van der Waals surface area contributed by atoms with Gasteiger partial charge in [0, 0.05) is 28.6 Å². The van der Waals surface area contributed by atoms with E-state index in [1.54, 1.807) is 0 Å². The standard InChI is InChI=1S/C17H18ClNO2/c1-11(19)15-4-2-3-5-16(15)21-10-13-9-14(18)8-12-6-7-20-17(12)13/h2-5,8-9,11H,6-7,10,19H2,1H3/t11-/m0/s1. The number of hydrogen-bond donors (Lipinski definition) is 1. The summed E-state index contributed by atoms with van der Waals surface area (Å²) in [7, 11) is 0. The maximum atomic E-state index is 6.16. The third-order valence-electron chi connectivity index (χ3n) is 3.62. The van der Waals surface area contributed by atoms with Crippen molar-refractivity contribution in [1.82, 2.24) is 0 Å². The third kappa shape index (κ3) is 2.99. The lowest BCUT2D eigenvalue weighted by atomic mass is 10.1. The van der Waals surface area contributed by atoms with E-state index < -0.39 is 0 Å². The predicted molar refractivity (Wildman–Crippen MR) is 84.0 cm³/mol. The highest BCUT2D eigenvalue weighted by Gasteiger charge is 2.18. The van der Waals surface area contributed by atoms with Gasteiger partial charge in [-0.1, -0.05) is 29.8 Å². The van der Waals surface area contributed by atoms with Crippen LogP contribution in [0, 0.1) is 0 Å². The van der Waals surface area contributed by atoms with Gasteiger partial charge in [-0.25, -0.2) is 0 Å². The minimum atomic E-state index is -0.0671. The van der Waals surface area contributed by atoms with Crippen molar-refractivity contribution in [1.29, 1.82) is 0 Å². The third-order valence-corrected chi connectivity index (χ3v) is 3.84. The number of nitrogens with two attached hydrogens (primary N) is 1. The molecule has 1 atom stereocenters. The maximum Gasteiger partial charge on any atom is 0.129 e. The fourth-order valence-corrected chi connectivity index (χ4v) is 2.86. The van der Waals surface area contributed by atoms with Crippen LogP contribution in [0.4, 0.5) is 0 Å². The minimum Gasteiger partial charge on any atom is -0.493 e. The van der Waals surface area contributed by atoms with Gasteiger partial charge in [-0.2, -0.15) is 0 Å². The Bertz CT molecular complexity index is 655. The second-order valence-electron chi connectivity index (χ2n) is 5.27. The van der Waals surface area contributed by atoms with Gasteiger partial charge in [-0.05, 0) is 30.7 Å². The molecule has 0 saturated carbocycles. The van der Waals surface area contributed by atoms with Crippen LogP contribution in [0.15, 0.2) is 36.4 Å². The molecule has 2 aromatic rings. The molecule has 3 rings (SSSR count). The Morgan fingerprint density at radius 1 is 1.33 bits per heavy atom. The summed E-state index contributed by atoms with van der Waals surface area (Å²) in [5.74, 6) is 1.72. The molecule has 0 unspecified atom stereocenters. The van der Waals surface area contributed by atoms with Gasteiger partial charge in [-0.3, -0.25) is 0 Å². The number of benzene rings is 2. The minimum absolute atomic E-state index is 0.0671. The van der Waals surface area contributed by atoms with Gasteiger partial charge in [0.1, 0.15) is 18.1 Å². The number of halogens is 1. The maximum absolute atomic E-state index is 6.16. The van der Waals surface area contributed by atoms with Crippen LogP contribution in [0.3, 0.4) is 0 Å². The van der Waals surface area contributed by atoms with Gasteiger partial charge in [0.2, 0.25) is 0 Å². The van der Waals surface area contributed by atoms with Crippen LogP contribution in [0.25, 0.3) is 0 Å². The van der Waals surface area contributed by atoms with Gasteiger partial charge < -0.3 is 15.2 Å². The highest BCUT2D eigenvalue weighted by molar-refractivity contribution is 6.30. The summed E-state index contributed by atoms with van der Waals surface area (Å²) in [5, 5.41) is 0.721. The normalized spacial score (nSPS) is 14.4. The largest absolute Gasteiger partial charge is 0.493 e. The fourth-order valence-electron chi connectivity index (χ4n) is 2.60. The molecule has 0 bridgehead atoms. The Morgan fingerprint density at radius 2 is 2.14 bits per heavy atom. The molecule has 1 aliphatic heterocycles. The van der Waals surface area contributed by atoms with E-state index in [4.69, 9.17) is 26.8 Å². The molecular weight excluding hydrogens is 286 g/mol. The van der Waals surface area contributed by atoms with Crippen LogP contribution >= 0.6 is 11.6 Å². The summed E-state index contributed by atoms with van der Waals surface area (Å²) in [5.41, 5.74) is 9.10. The summed E-state index contributed by atoms with van der Waals surface area (Å²) >= 11 is 6.16. The quantitative estimate of drug-likeness (QED) is 0.932. The first kappa shape index (κ1) is 14.2. The smallest absolute Gasteiger partial charge is 0.129 e. The van der Waals surface area contributed by atoms with Crippen molar-refractivity contribution in [2.45, 2.75) is 26.0 Å². The lowest BCUT2D eigenvalue weighted by Crippen LogP contribution is -2.08. The lowest BCUT2D eigenvalue weighted by molar-refractivity contribution is 0.288. The van der Waals surface area contributed by atoms with E-state index in [1.165, 1.54) is 0 Å². The van der Waals surface area contributed by atoms with Crippen molar-refractivity contribution in [2.75, 3.05) is 6.61 Å². The van der Waals surface area contributed by atoms with Crippen LogP contribution in [0.1, 0.15) is 29.7 Å². The highest BCUT2D eigenvalue weighted by Crippen LogP contribution is 2.34. The van der Waals surface area contributed by atoms with Gasteiger partial charge >= 0.3 is 0 Å². The Balaban J connectivity index is 1.83. The van der Waals surface area contributed by atoms with Gasteiger partial charge in [0.05, 0.1) is 6.61 Å². The molecule has 0 fully saturated rings. The van der Waals surface area contributed by atoms with E-state index in [1.807, 2.05) is 43.3 Å². The summed E-state index contributed by atoms with van der Waals surface area (Å²) in [6, 6.07) is 11.6. The molecule has 0 aliphatic carbocycles. The van der Waals surface area contributed by atoms with Crippen molar-refractivity contribution in [3.63, 3.8) is 0 Å². The van der Waals surface area contributed by atoms with E-state index in [2.05, 4.69) is 0 Å². The monoisotopic (exact) mass is 303 g/mol. The molecule has 0 aromatic heterocycles. The van der Waals surface area contributed by atoms with E-state index >= 15 is 0 Å². The van der Waals surface area contributed by atoms with Crippen molar-refractivity contribution >= 4 is 11.6 Å². The second kappa shape index (κ2) is 5.96. The van der Waals surface area contributed by atoms with Crippen LogP contribution < -0.4 is 15.2 Å². The van der Waals surface area contributed by atoms with Crippen LogP contribution in [0.2, 0.25) is 5.02 Å². The van der Waals surface area contributed by atoms with Crippen molar-refractivity contribution < 1.29 is 9.47 Å². The van der Waals surface area contributed by atoms with Gasteiger partial charge in [0.25, 0.3) is 0 Å². The van der Waals surface area contributed by atoms with Gasteiger partial charge in [-0.15, -0.1) is 0 Å². The van der Waals surface area contributed by atoms with E-state index in [0.29, 0.717) is 13.2 Å². The zero-order valence-electron chi connectivity index (χ0n) is 11.9. The second-order valence-corrected chi connectivity index (χ2v) is 5.70. The van der Waals surface area contributed by atoms with E-state index in [9.17, 15) is 0 Å². The summed E-state index contributed by atoms with van der Waals surface area (Å²) in [6.07, 6.45) is 0.902. The number of ether oxygens (including phenoxy) is 2. The summed E-state index contributed by atoms with van der Waals surface area (Å²) < 4.78 is 11.6. The van der Waals surface area contributed by atoms with Crippen molar-refractivity contribution in [3.05, 3.63) is 58.1 Å². The summed E-state index contributed by atoms with van der Waals surface area (Å²) in [4.78, 5) is 0. The molecule has 1 aliphatic rings. The molecule has 1 heterocycles. The molecule has 4 heteroatoms. The number of fused-ring (bicyclic) bond motifs is 1. The van der Waals surface area contributed by atoms with Crippen LogP contribution in [-0.4, -0.2) is 6.61 Å². The average molecular weight is 304 g/mol. The first-order valence-corrected chi connectivity index (χ1v) is 7.44. The zero-order chi connectivity index (χ0) is 14.8. The fraction of sp³-hybridized carbons (Fsp3) is 0.294. The van der Waals surface area contributed by atoms with E-state index in [0.717, 1.165) is 39.6 Å². The molecule has 110 valence electrons. The molecule has 21 heavy (non-hydrogen) atoms. The molecule has 2 N–H and O–H groups in total. The average Bonchev–Trinajstić information content (AvgIpc) is 2.93. The highest BCUT2D eigenvalue weighted by atomic mass is 35.5. The predicted octanol–water partition coefficient (Wildman–Crippen LogP) is 3.87. The topological polar surface area (TPSA) is 44.5 Å². The van der Waals surface area contributed by atoms with Crippen molar-refractivity contribution in [3.8, 4) is 11.5 Å². The molecule has 0 spiro atoms. The molecule has 0 amide bonds. The zero-order valence-corrected chi connectivity index (χ0v) is 12.7. The number of hydrogen-bond acceptors (Lipinski definition) is 3. The molecule has 3 nitrogen and oxygen atoms in total. The lowest BCUT2D eigenvalue weighted by Gasteiger charge is -2.15. The van der Waals surface area contributed by atoms with Crippen molar-refractivity contribution in [2.24, 2.45) is 5.73 Å². The molecule has 0 radical (unpaired) electrons. The number of para-hydroxylation sites is 1. The van der Waals surface area contributed by atoms with E-state index in [-0.39, 0.29) is 6.04 Å². The molecule has 0 saturated heterocycles. The SMILES string of the molecule is C[C@H](N)c1ccccc1OCc1cc(Cl)cc2c1OCC2. The molecule has 2 aromatic carbocycles. The Morgan fingerprint density at radius 3 is 2.95 bits per heavy atom.